The van der Waals surface area contributed by atoms with Gasteiger partial charge in [-0.15, -0.1) is 11.3 Å². The Morgan fingerprint density at radius 1 is 1.33 bits per heavy atom. The largest absolute Gasteiger partial charge is 0.466 e. The molecule has 116 valence electrons. The van der Waals surface area contributed by atoms with Gasteiger partial charge in [-0.1, -0.05) is 0 Å². The summed E-state index contributed by atoms with van der Waals surface area (Å²) in [5, 5.41) is 0. The lowest BCUT2D eigenvalue weighted by atomic mass is 10.1. The van der Waals surface area contributed by atoms with Crippen molar-refractivity contribution in [2.75, 3.05) is 0 Å². The highest BCUT2D eigenvalue weighted by atomic mass is 32.2. The van der Waals surface area contributed by atoms with Gasteiger partial charge in [-0.3, -0.25) is 0 Å². The highest BCUT2D eigenvalue weighted by molar-refractivity contribution is 7.91. The number of thiophene rings is 1. The van der Waals surface area contributed by atoms with E-state index < -0.39 is 10.0 Å². The van der Waals surface area contributed by atoms with Gasteiger partial charge in [0.15, 0.2) is 0 Å². The van der Waals surface area contributed by atoms with Gasteiger partial charge in [0.2, 0.25) is 0 Å². The maximum absolute atomic E-state index is 12.4. The molecular formula is C14H20N2O3S2. The molecule has 0 saturated carbocycles. The Kier molecular flexibility index (Phi) is 4.57. The smallest absolute Gasteiger partial charge is 0.250 e. The van der Waals surface area contributed by atoms with E-state index in [1.807, 2.05) is 26.8 Å². The fraction of sp³-hybridized carbons (Fsp3) is 0.429. The standard InChI is InChI=1S/C14H20N2O3S2/c1-8-5-14(20-13(8)7-15)21(17,18)16-10(3)12-6-9(2)19-11(12)4/h5-6,10,16H,7,15H2,1-4H3. The molecule has 0 radical (unpaired) electrons. The van der Waals surface area contributed by atoms with Gasteiger partial charge < -0.3 is 10.2 Å². The molecule has 1 atom stereocenters. The number of nitrogens with one attached hydrogen (secondary N) is 1. The van der Waals surface area contributed by atoms with Crippen molar-refractivity contribution < 1.29 is 12.8 Å². The first-order valence-corrected chi connectivity index (χ1v) is 8.93. The fourth-order valence-electron chi connectivity index (χ4n) is 2.26. The molecule has 3 N–H and O–H groups in total. The van der Waals surface area contributed by atoms with Crippen molar-refractivity contribution in [3.8, 4) is 0 Å². The third-order valence-corrected chi connectivity index (χ3v) is 6.60. The quantitative estimate of drug-likeness (QED) is 0.884. The van der Waals surface area contributed by atoms with E-state index in [4.69, 9.17) is 10.2 Å². The summed E-state index contributed by atoms with van der Waals surface area (Å²) in [7, 11) is -3.56. The Bertz CT molecular complexity index is 744. The molecule has 7 heteroatoms. The molecule has 0 aromatic carbocycles. The van der Waals surface area contributed by atoms with Crippen LogP contribution in [0.5, 0.6) is 0 Å². The van der Waals surface area contributed by atoms with Gasteiger partial charge in [-0.25, -0.2) is 13.1 Å². The molecule has 0 amide bonds. The zero-order valence-electron chi connectivity index (χ0n) is 12.6. The highest BCUT2D eigenvalue weighted by Gasteiger charge is 2.23. The van der Waals surface area contributed by atoms with Crippen LogP contribution < -0.4 is 10.5 Å². The zero-order chi connectivity index (χ0) is 15.8. The summed E-state index contributed by atoms with van der Waals surface area (Å²) < 4.78 is 33.3. The number of nitrogens with two attached hydrogens (primary N) is 1. The first-order valence-electron chi connectivity index (χ1n) is 6.63. The maximum Gasteiger partial charge on any atom is 0.250 e. The first kappa shape index (κ1) is 16.2. The van der Waals surface area contributed by atoms with Gasteiger partial charge in [-0.05, 0) is 45.4 Å². The van der Waals surface area contributed by atoms with Crippen molar-refractivity contribution in [2.24, 2.45) is 5.73 Å². The van der Waals surface area contributed by atoms with Crippen LogP contribution in [0.15, 0.2) is 20.8 Å². The van der Waals surface area contributed by atoms with Gasteiger partial charge in [0.25, 0.3) is 10.0 Å². The Labute approximate surface area is 129 Å². The second-order valence-corrected chi connectivity index (χ2v) is 8.16. The maximum atomic E-state index is 12.4. The normalized spacial score (nSPS) is 13.6. The van der Waals surface area contributed by atoms with Crippen molar-refractivity contribution >= 4 is 21.4 Å². The second-order valence-electron chi connectivity index (χ2n) is 5.09. The van der Waals surface area contributed by atoms with Crippen LogP contribution >= 0.6 is 11.3 Å². The summed E-state index contributed by atoms with van der Waals surface area (Å²) in [4.78, 5) is 0.887. The summed E-state index contributed by atoms with van der Waals surface area (Å²) in [6.45, 7) is 7.69. The Morgan fingerprint density at radius 3 is 2.48 bits per heavy atom. The van der Waals surface area contributed by atoms with Crippen molar-refractivity contribution in [1.29, 1.82) is 0 Å². The lowest BCUT2D eigenvalue weighted by molar-refractivity contribution is 0.496. The van der Waals surface area contributed by atoms with Crippen LogP contribution in [0.4, 0.5) is 0 Å². The van der Waals surface area contributed by atoms with E-state index in [0.29, 0.717) is 10.8 Å². The van der Waals surface area contributed by atoms with Crippen molar-refractivity contribution in [3.63, 3.8) is 0 Å². The van der Waals surface area contributed by atoms with E-state index in [2.05, 4.69) is 4.72 Å². The molecule has 21 heavy (non-hydrogen) atoms. The molecule has 0 aliphatic carbocycles. The summed E-state index contributed by atoms with van der Waals surface area (Å²) in [6.07, 6.45) is 0. The van der Waals surface area contributed by atoms with Gasteiger partial charge in [0, 0.05) is 23.0 Å². The zero-order valence-corrected chi connectivity index (χ0v) is 14.2. The van der Waals surface area contributed by atoms with Crippen molar-refractivity contribution in [1.82, 2.24) is 4.72 Å². The molecule has 0 aliphatic heterocycles. The number of hydrogen-bond donors (Lipinski definition) is 2. The molecule has 2 rings (SSSR count). The molecule has 0 fully saturated rings. The van der Waals surface area contributed by atoms with Gasteiger partial charge in [-0.2, -0.15) is 0 Å². The number of furan rings is 1. The van der Waals surface area contributed by atoms with Crippen molar-refractivity contribution in [3.05, 3.63) is 39.7 Å². The number of aryl methyl sites for hydroxylation is 3. The molecule has 2 aromatic heterocycles. The van der Waals surface area contributed by atoms with Gasteiger partial charge >= 0.3 is 0 Å². The third kappa shape index (κ3) is 3.37. The van der Waals surface area contributed by atoms with E-state index in [1.54, 1.807) is 13.0 Å². The molecule has 0 saturated heterocycles. The Morgan fingerprint density at radius 2 is 2.00 bits per heavy atom. The predicted molar refractivity (Wildman–Crippen MR) is 83.9 cm³/mol. The molecule has 0 spiro atoms. The average Bonchev–Trinajstić information content (AvgIpc) is 2.91. The molecular weight excluding hydrogens is 308 g/mol. The number of sulfonamides is 1. The summed E-state index contributed by atoms with van der Waals surface area (Å²) in [5.74, 6) is 1.50. The van der Waals surface area contributed by atoms with E-state index in [1.165, 1.54) is 11.3 Å². The average molecular weight is 328 g/mol. The van der Waals surface area contributed by atoms with E-state index in [9.17, 15) is 8.42 Å². The Balaban J connectivity index is 2.26. The number of hydrogen-bond acceptors (Lipinski definition) is 5. The first-order chi connectivity index (χ1) is 9.74. The molecule has 2 aromatic rings. The van der Waals surface area contributed by atoms with Crippen LogP contribution in [0.25, 0.3) is 0 Å². The second kappa shape index (κ2) is 5.92. The lowest BCUT2D eigenvalue weighted by Gasteiger charge is -2.12. The summed E-state index contributed by atoms with van der Waals surface area (Å²) >= 11 is 1.21. The summed E-state index contributed by atoms with van der Waals surface area (Å²) in [6, 6.07) is 3.17. The SMILES string of the molecule is Cc1cc(C(C)NS(=O)(=O)c2cc(C)c(CN)s2)c(C)o1. The minimum atomic E-state index is -3.56. The topological polar surface area (TPSA) is 85.3 Å². The van der Waals surface area contributed by atoms with Crippen LogP contribution in [0.1, 0.15) is 40.5 Å². The van der Waals surface area contributed by atoms with Crippen LogP contribution in [0.2, 0.25) is 0 Å². The highest BCUT2D eigenvalue weighted by Crippen LogP contribution is 2.28. The Hall–Kier alpha value is -1.15. The lowest BCUT2D eigenvalue weighted by Crippen LogP contribution is -2.26. The molecule has 0 aliphatic rings. The van der Waals surface area contributed by atoms with Crippen LogP contribution in [0, 0.1) is 20.8 Å². The predicted octanol–water partition coefficient (Wildman–Crippen LogP) is 2.76. The summed E-state index contributed by atoms with van der Waals surface area (Å²) in [5.41, 5.74) is 7.36. The monoisotopic (exact) mass is 328 g/mol. The van der Waals surface area contributed by atoms with E-state index in [0.717, 1.165) is 27.5 Å². The van der Waals surface area contributed by atoms with Crippen LogP contribution in [0.3, 0.4) is 0 Å². The van der Waals surface area contributed by atoms with Crippen LogP contribution in [-0.2, 0) is 16.6 Å². The van der Waals surface area contributed by atoms with E-state index in [-0.39, 0.29) is 6.04 Å². The van der Waals surface area contributed by atoms with Gasteiger partial charge in [0.1, 0.15) is 15.7 Å². The fourth-order valence-corrected chi connectivity index (χ4v) is 4.97. The van der Waals surface area contributed by atoms with Crippen LogP contribution in [-0.4, -0.2) is 8.42 Å². The molecule has 0 bridgehead atoms. The minimum Gasteiger partial charge on any atom is -0.466 e. The van der Waals surface area contributed by atoms with Gasteiger partial charge in [0.05, 0.1) is 0 Å². The number of rotatable bonds is 5. The van der Waals surface area contributed by atoms with Crippen molar-refractivity contribution in [2.45, 2.75) is 44.5 Å². The molecule has 1 unspecified atom stereocenters. The molecule has 5 nitrogen and oxygen atoms in total. The van der Waals surface area contributed by atoms with E-state index >= 15 is 0 Å². The third-order valence-electron chi connectivity index (χ3n) is 3.33. The minimum absolute atomic E-state index is 0.296. The molecule has 2 heterocycles.